The number of benzene rings is 3. The third-order valence-electron chi connectivity index (χ3n) is 6.88. The smallest absolute Gasteiger partial charge is 0.321 e. The van der Waals surface area contributed by atoms with Gasteiger partial charge in [0.1, 0.15) is 11.9 Å². The Morgan fingerprint density at radius 1 is 1.12 bits per heavy atom. The predicted octanol–water partition coefficient (Wildman–Crippen LogP) is 4.01. The lowest BCUT2D eigenvalue weighted by molar-refractivity contribution is 0.0373. The molecule has 3 atom stereocenters. The van der Waals surface area contributed by atoms with Gasteiger partial charge in [0.15, 0.2) is 5.75 Å². The molecule has 3 aromatic carbocycles. The number of likely N-dealkylation sites (N-methyl/N-ethyl adjacent to an activating group) is 1. The van der Waals surface area contributed by atoms with E-state index in [9.17, 15) is 27.5 Å². The third kappa shape index (κ3) is 6.95. The van der Waals surface area contributed by atoms with Gasteiger partial charge < -0.3 is 25.0 Å². The first kappa shape index (κ1) is 29.8. The maximum Gasteiger partial charge on any atom is 0.321 e. The van der Waals surface area contributed by atoms with E-state index in [0.29, 0.717) is 5.69 Å². The number of sulfonamides is 1. The summed E-state index contributed by atoms with van der Waals surface area (Å²) in [5, 5.41) is 12.6. The zero-order chi connectivity index (χ0) is 29.7. The second-order valence-corrected chi connectivity index (χ2v) is 11.7. The van der Waals surface area contributed by atoms with Crippen molar-refractivity contribution >= 4 is 33.3 Å². The summed E-state index contributed by atoms with van der Waals surface area (Å²) in [5.41, 5.74) is 0.592. The van der Waals surface area contributed by atoms with Crippen molar-refractivity contribution in [3.05, 3.63) is 84.2 Å². The number of aliphatic hydroxyl groups is 1. The first-order valence-electron chi connectivity index (χ1n) is 13.1. The van der Waals surface area contributed by atoms with Crippen molar-refractivity contribution in [3.8, 4) is 5.75 Å². The number of rotatable bonds is 8. The Morgan fingerprint density at radius 2 is 1.80 bits per heavy atom. The van der Waals surface area contributed by atoms with Crippen LogP contribution < -0.4 is 14.8 Å². The minimum atomic E-state index is -4.02. The summed E-state index contributed by atoms with van der Waals surface area (Å²) in [5.74, 6) is -1.16. The van der Waals surface area contributed by atoms with Crippen molar-refractivity contribution in [2.75, 3.05) is 36.8 Å². The fourth-order valence-electron chi connectivity index (χ4n) is 4.45. The van der Waals surface area contributed by atoms with E-state index < -0.39 is 39.9 Å². The number of carbonyl (C=O) groups is 2. The van der Waals surface area contributed by atoms with E-state index in [1.165, 1.54) is 58.3 Å². The highest BCUT2D eigenvalue weighted by Crippen LogP contribution is 2.36. The number of fused-ring (bicyclic) bond motifs is 1. The number of hydrogen-bond donors (Lipinski definition) is 3. The summed E-state index contributed by atoms with van der Waals surface area (Å²) in [7, 11) is -2.45. The van der Waals surface area contributed by atoms with E-state index in [-0.39, 0.29) is 47.5 Å². The lowest BCUT2D eigenvalue weighted by Crippen LogP contribution is -2.50. The van der Waals surface area contributed by atoms with Gasteiger partial charge >= 0.3 is 6.03 Å². The molecule has 12 heteroatoms. The van der Waals surface area contributed by atoms with Crippen LogP contribution >= 0.6 is 0 Å². The summed E-state index contributed by atoms with van der Waals surface area (Å²) in [6.45, 7) is 3.58. The average molecular weight is 585 g/mol. The summed E-state index contributed by atoms with van der Waals surface area (Å²) < 4.78 is 48.5. The summed E-state index contributed by atoms with van der Waals surface area (Å²) in [6.07, 6.45) is -0.679. The van der Waals surface area contributed by atoms with Gasteiger partial charge in [0, 0.05) is 25.2 Å². The molecule has 0 aromatic heterocycles. The van der Waals surface area contributed by atoms with Crippen LogP contribution in [0.4, 0.5) is 20.6 Å². The highest BCUT2D eigenvalue weighted by atomic mass is 32.2. The van der Waals surface area contributed by atoms with Crippen LogP contribution in [-0.2, 0) is 10.0 Å². The molecule has 3 amide bonds. The Balaban J connectivity index is 1.68. The largest absolute Gasteiger partial charge is 0.485 e. The fourth-order valence-corrected chi connectivity index (χ4v) is 5.53. The van der Waals surface area contributed by atoms with Gasteiger partial charge in [-0.1, -0.05) is 31.2 Å². The molecule has 1 heterocycles. The minimum Gasteiger partial charge on any atom is -0.485 e. The molecule has 0 saturated heterocycles. The van der Waals surface area contributed by atoms with E-state index in [4.69, 9.17) is 4.74 Å². The number of anilines is 2. The van der Waals surface area contributed by atoms with Crippen molar-refractivity contribution in [1.29, 1.82) is 0 Å². The molecule has 0 saturated carbocycles. The van der Waals surface area contributed by atoms with Gasteiger partial charge in [0.2, 0.25) is 0 Å². The van der Waals surface area contributed by atoms with Crippen molar-refractivity contribution in [3.63, 3.8) is 0 Å². The number of aliphatic hydroxyl groups excluding tert-OH is 1. The molecule has 0 spiro atoms. The SMILES string of the molecule is C[C@H](CO)N1C[C@H](C)[C@H](CN(C)C(=O)Nc2ccc(F)cc2)Oc2c(NS(=O)(=O)c3ccccc3)cccc2C1=O. The average Bonchev–Trinajstić information content (AvgIpc) is 2.96. The van der Waals surface area contributed by atoms with Crippen molar-refractivity contribution in [2.45, 2.75) is 30.9 Å². The van der Waals surface area contributed by atoms with E-state index in [0.717, 1.165) is 0 Å². The van der Waals surface area contributed by atoms with E-state index in [1.54, 1.807) is 38.2 Å². The Labute approximate surface area is 238 Å². The molecule has 10 nitrogen and oxygen atoms in total. The zero-order valence-corrected chi connectivity index (χ0v) is 23.8. The van der Waals surface area contributed by atoms with E-state index in [2.05, 4.69) is 10.0 Å². The normalized spacial score (nSPS) is 17.9. The molecule has 0 fully saturated rings. The van der Waals surface area contributed by atoms with E-state index in [1.807, 2.05) is 6.92 Å². The lowest BCUT2D eigenvalue weighted by Gasteiger charge is -2.38. The topological polar surface area (TPSA) is 128 Å². The van der Waals surface area contributed by atoms with Crippen LogP contribution in [0, 0.1) is 11.7 Å². The monoisotopic (exact) mass is 584 g/mol. The molecule has 3 aromatic rings. The van der Waals surface area contributed by atoms with Crippen LogP contribution in [0.25, 0.3) is 0 Å². The number of carbonyl (C=O) groups excluding carboxylic acids is 2. The zero-order valence-electron chi connectivity index (χ0n) is 23.0. The van der Waals surface area contributed by atoms with Gasteiger partial charge in [-0.3, -0.25) is 9.52 Å². The van der Waals surface area contributed by atoms with Crippen LogP contribution in [0.3, 0.4) is 0 Å². The number of hydrogen-bond acceptors (Lipinski definition) is 6. The van der Waals surface area contributed by atoms with Gasteiger partial charge in [0.25, 0.3) is 15.9 Å². The number of urea groups is 1. The minimum absolute atomic E-state index is 0.0241. The summed E-state index contributed by atoms with van der Waals surface area (Å²) in [4.78, 5) is 29.5. The first-order valence-corrected chi connectivity index (χ1v) is 14.6. The highest BCUT2D eigenvalue weighted by molar-refractivity contribution is 7.92. The Bertz CT molecular complexity index is 1490. The quantitative estimate of drug-likeness (QED) is 0.367. The van der Waals surface area contributed by atoms with Crippen LogP contribution in [-0.4, -0.2) is 74.2 Å². The molecule has 0 aliphatic carbocycles. The van der Waals surface area contributed by atoms with Crippen LogP contribution in [0.2, 0.25) is 0 Å². The fraction of sp³-hybridized carbons (Fsp3) is 0.310. The Kier molecular flexibility index (Phi) is 9.14. The second kappa shape index (κ2) is 12.6. The molecule has 0 bridgehead atoms. The summed E-state index contributed by atoms with van der Waals surface area (Å²) >= 11 is 0. The maximum absolute atomic E-state index is 13.6. The van der Waals surface area contributed by atoms with Gasteiger partial charge in [-0.2, -0.15) is 0 Å². The number of halogens is 1. The third-order valence-corrected chi connectivity index (χ3v) is 8.27. The number of nitrogens with zero attached hydrogens (tertiary/aromatic N) is 2. The molecule has 0 radical (unpaired) electrons. The standard InChI is InChI=1S/C29H33FN4O6S/c1-19-16-34(20(2)18-35)28(36)24-10-7-11-25(32-41(38,39)23-8-5-4-6-9-23)27(24)40-26(19)17-33(3)29(37)31-22-14-12-21(30)13-15-22/h4-15,19-20,26,32,35H,16-18H2,1-3H3,(H,31,37)/t19-,20+,26-/m0/s1. The Morgan fingerprint density at radius 3 is 2.46 bits per heavy atom. The van der Waals surface area contributed by atoms with Gasteiger partial charge in [-0.05, 0) is 55.5 Å². The molecule has 1 aliphatic rings. The molecule has 41 heavy (non-hydrogen) atoms. The molecule has 4 rings (SSSR count). The van der Waals surface area contributed by atoms with Crippen molar-refractivity contribution < 1.29 is 32.2 Å². The van der Waals surface area contributed by atoms with Crippen LogP contribution in [0.5, 0.6) is 5.75 Å². The predicted molar refractivity (Wildman–Crippen MR) is 153 cm³/mol. The van der Waals surface area contributed by atoms with Crippen molar-refractivity contribution in [2.24, 2.45) is 5.92 Å². The molecule has 0 unspecified atom stereocenters. The molecule has 1 aliphatic heterocycles. The molecular formula is C29H33FN4O6S. The number of nitrogens with one attached hydrogen (secondary N) is 2. The molecular weight excluding hydrogens is 551 g/mol. The van der Waals surface area contributed by atoms with Crippen LogP contribution in [0.1, 0.15) is 24.2 Å². The van der Waals surface area contributed by atoms with Gasteiger partial charge in [-0.25, -0.2) is 17.6 Å². The van der Waals surface area contributed by atoms with Gasteiger partial charge in [0.05, 0.1) is 35.3 Å². The molecule has 3 N–H and O–H groups in total. The second-order valence-electron chi connectivity index (χ2n) is 10.0. The highest BCUT2D eigenvalue weighted by Gasteiger charge is 2.35. The number of para-hydroxylation sites is 1. The number of amides is 3. The summed E-state index contributed by atoms with van der Waals surface area (Å²) in [6, 6.07) is 16.7. The van der Waals surface area contributed by atoms with Crippen LogP contribution in [0.15, 0.2) is 77.7 Å². The molecule has 218 valence electrons. The lowest BCUT2D eigenvalue weighted by atomic mass is 9.99. The van der Waals surface area contributed by atoms with Crippen molar-refractivity contribution in [1.82, 2.24) is 9.80 Å². The Hall–Kier alpha value is -4.16. The first-order chi connectivity index (χ1) is 19.5. The number of ether oxygens (including phenoxy) is 1. The maximum atomic E-state index is 13.6. The van der Waals surface area contributed by atoms with Gasteiger partial charge in [-0.15, -0.1) is 0 Å². The van der Waals surface area contributed by atoms with E-state index >= 15 is 0 Å².